The van der Waals surface area contributed by atoms with Gasteiger partial charge in [0, 0.05) is 18.7 Å². The van der Waals surface area contributed by atoms with Crippen LogP contribution in [0.5, 0.6) is 17.2 Å². The van der Waals surface area contributed by atoms with Crippen molar-refractivity contribution in [3.05, 3.63) is 58.5 Å². The van der Waals surface area contributed by atoms with E-state index < -0.39 is 0 Å². The Morgan fingerprint density at radius 3 is 2.77 bits per heavy atom. The zero-order valence-corrected chi connectivity index (χ0v) is 17.7. The summed E-state index contributed by atoms with van der Waals surface area (Å²) in [6.45, 7) is 0.781. The maximum atomic E-state index is 12.7. The van der Waals surface area contributed by atoms with Crippen LogP contribution in [0.4, 0.5) is 0 Å². The second-order valence-corrected chi connectivity index (χ2v) is 8.11. The fourth-order valence-corrected chi connectivity index (χ4v) is 4.28. The van der Waals surface area contributed by atoms with E-state index in [1.165, 1.54) is 16.7 Å². The second-order valence-electron chi connectivity index (χ2n) is 6.43. The third kappa shape index (κ3) is 4.27. The first-order valence-electron chi connectivity index (χ1n) is 9.12. The molecule has 4 rings (SSSR count). The topological polar surface area (TPSA) is 77.1 Å². The third-order valence-corrected chi connectivity index (χ3v) is 5.92. The van der Waals surface area contributed by atoms with Crippen molar-refractivity contribution < 1.29 is 23.8 Å². The molecule has 0 atom stereocenters. The molecule has 2 aliphatic heterocycles. The van der Waals surface area contributed by atoms with Crippen molar-refractivity contribution in [1.82, 2.24) is 10.2 Å². The highest BCUT2D eigenvalue weighted by molar-refractivity contribution is 8.26. The standard InChI is InChI=1S/C21H18N2O5S2/c1-26-15-5-3-14(4-6-15)19(24)22-8-9-23-20(25)18(30-21(23)29)11-13-2-7-16-17(10-13)28-12-27-16/h2-7,10-11H,8-9,12H2,1H3,(H,22,24)/b18-11+. The molecular weight excluding hydrogens is 424 g/mol. The lowest BCUT2D eigenvalue weighted by Crippen LogP contribution is -2.37. The molecule has 154 valence electrons. The van der Waals surface area contributed by atoms with Gasteiger partial charge in [-0.25, -0.2) is 0 Å². The molecule has 0 saturated carbocycles. The van der Waals surface area contributed by atoms with Crippen LogP contribution in [0.15, 0.2) is 47.4 Å². The number of ether oxygens (including phenoxy) is 3. The van der Waals surface area contributed by atoms with Gasteiger partial charge in [-0.1, -0.05) is 30.0 Å². The Labute approximate surface area is 183 Å². The molecule has 7 nitrogen and oxygen atoms in total. The Morgan fingerprint density at radius 2 is 2.00 bits per heavy atom. The minimum Gasteiger partial charge on any atom is -0.497 e. The van der Waals surface area contributed by atoms with E-state index in [2.05, 4.69) is 5.32 Å². The molecule has 9 heteroatoms. The van der Waals surface area contributed by atoms with Gasteiger partial charge in [-0.05, 0) is 48.0 Å². The molecule has 0 radical (unpaired) electrons. The minimum absolute atomic E-state index is 0.179. The quantitative estimate of drug-likeness (QED) is 0.544. The summed E-state index contributed by atoms with van der Waals surface area (Å²) in [7, 11) is 1.57. The summed E-state index contributed by atoms with van der Waals surface area (Å²) in [6.07, 6.45) is 1.77. The number of amides is 2. The van der Waals surface area contributed by atoms with Gasteiger partial charge < -0.3 is 19.5 Å². The van der Waals surface area contributed by atoms with E-state index in [0.717, 1.165) is 5.56 Å². The van der Waals surface area contributed by atoms with E-state index in [0.29, 0.717) is 38.6 Å². The summed E-state index contributed by atoms with van der Waals surface area (Å²) < 4.78 is 16.2. The summed E-state index contributed by atoms with van der Waals surface area (Å²) in [5, 5.41) is 2.80. The average Bonchev–Trinajstić information content (AvgIpc) is 3.33. The molecule has 1 N–H and O–H groups in total. The normalized spacial score (nSPS) is 16.3. The number of fused-ring (bicyclic) bond motifs is 1. The van der Waals surface area contributed by atoms with Crippen LogP contribution in [-0.2, 0) is 4.79 Å². The minimum atomic E-state index is -0.223. The van der Waals surface area contributed by atoms with Crippen LogP contribution in [0.3, 0.4) is 0 Å². The molecule has 2 aromatic carbocycles. The van der Waals surface area contributed by atoms with Crippen molar-refractivity contribution in [2.45, 2.75) is 0 Å². The van der Waals surface area contributed by atoms with Crippen molar-refractivity contribution in [2.75, 3.05) is 27.0 Å². The first-order valence-corrected chi connectivity index (χ1v) is 10.3. The number of nitrogens with zero attached hydrogens (tertiary/aromatic N) is 1. The van der Waals surface area contributed by atoms with Gasteiger partial charge in [0.2, 0.25) is 6.79 Å². The predicted octanol–water partition coefficient (Wildman–Crippen LogP) is 3.06. The largest absolute Gasteiger partial charge is 0.497 e. The summed E-state index contributed by atoms with van der Waals surface area (Å²) in [4.78, 5) is 27.0. The Balaban J connectivity index is 1.35. The van der Waals surface area contributed by atoms with Crippen LogP contribution in [0.25, 0.3) is 6.08 Å². The van der Waals surface area contributed by atoms with Crippen LogP contribution >= 0.6 is 24.0 Å². The number of thiocarbonyl (C=S) groups is 1. The number of hydrogen-bond donors (Lipinski definition) is 1. The van der Waals surface area contributed by atoms with Gasteiger partial charge in [0.15, 0.2) is 11.5 Å². The molecule has 2 amide bonds. The van der Waals surface area contributed by atoms with Crippen LogP contribution < -0.4 is 19.5 Å². The number of hydrogen-bond acceptors (Lipinski definition) is 7. The highest BCUT2D eigenvalue weighted by Crippen LogP contribution is 2.36. The third-order valence-electron chi connectivity index (χ3n) is 4.54. The molecule has 1 saturated heterocycles. The van der Waals surface area contributed by atoms with Crippen molar-refractivity contribution in [2.24, 2.45) is 0 Å². The fourth-order valence-electron chi connectivity index (χ4n) is 2.97. The van der Waals surface area contributed by atoms with E-state index in [4.69, 9.17) is 26.4 Å². The molecule has 0 aliphatic carbocycles. The maximum Gasteiger partial charge on any atom is 0.266 e. The van der Waals surface area contributed by atoms with Crippen molar-refractivity contribution >= 4 is 46.2 Å². The molecule has 2 aromatic rings. The summed E-state index contributed by atoms with van der Waals surface area (Å²) >= 11 is 6.59. The number of methoxy groups -OCH3 is 1. The van der Waals surface area contributed by atoms with Crippen LogP contribution in [-0.4, -0.2) is 48.0 Å². The number of carbonyl (C=O) groups is 2. The van der Waals surface area contributed by atoms with Crippen molar-refractivity contribution in [1.29, 1.82) is 0 Å². The smallest absolute Gasteiger partial charge is 0.266 e. The highest BCUT2D eigenvalue weighted by atomic mass is 32.2. The second kappa shape index (κ2) is 8.76. The summed E-state index contributed by atoms with van der Waals surface area (Å²) in [5.41, 5.74) is 1.34. The number of thioether (sulfide) groups is 1. The van der Waals surface area contributed by atoms with E-state index in [1.54, 1.807) is 37.5 Å². The average molecular weight is 443 g/mol. The van der Waals surface area contributed by atoms with Gasteiger partial charge in [0.25, 0.3) is 11.8 Å². The molecule has 2 aliphatic rings. The lowest BCUT2D eigenvalue weighted by molar-refractivity contribution is -0.122. The Morgan fingerprint density at radius 1 is 1.23 bits per heavy atom. The van der Waals surface area contributed by atoms with Crippen LogP contribution in [0.1, 0.15) is 15.9 Å². The summed E-state index contributed by atoms with van der Waals surface area (Å²) in [5.74, 6) is 1.62. The predicted molar refractivity (Wildman–Crippen MR) is 118 cm³/mol. The van der Waals surface area contributed by atoms with E-state index in [-0.39, 0.29) is 25.2 Å². The molecule has 2 heterocycles. The lowest BCUT2D eigenvalue weighted by Gasteiger charge is -2.15. The zero-order valence-electron chi connectivity index (χ0n) is 16.0. The van der Waals surface area contributed by atoms with E-state index in [1.807, 2.05) is 18.2 Å². The van der Waals surface area contributed by atoms with E-state index in [9.17, 15) is 9.59 Å². The molecule has 0 unspecified atom stereocenters. The van der Waals surface area contributed by atoms with Gasteiger partial charge >= 0.3 is 0 Å². The Bertz CT molecular complexity index is 1040. The molecule has 0 bridgehead atoms. The molecular formula is C21H18N2O5S2. The Kier molecular flexibility index (Phi) is 5.91. The van der Waals surface area contributed by atoms with Gasteiger partial charge in [-0.2, -0.15) is 0 Å². The fraction of sp³-hybridized carbons (Fsp3) is 0.190. The summed E-state index contributed by atoms with van der Waals surface area (Å²) in [6, 6.07) is 12.3. The molecule has 0 spiro atoms. The first kappa shape index (κ1) is 20.2. The van der Waals surface area contributed by atoms with Gasteiger partial charge in [0.05, 0.1) is 12.0 Å². The van der Waals surface area contributed by atoms with Gasteiger partial charge in [-0.3, -0.25) is 14.5 Å². The first-order chi connectivity index (χ1) is 14.5. The molecule has 0 aromatic heterocycles. The SMILES string of the molecule is COc1ccc(C(=O)NCCN2C(=O)/C(=C\c3ccc4c(c3)OCO4)SC2=S)cc1. The highest BCUT2D eigenvalue weighted by Gasteiger charge is 2.31. The van der Waals surface area contributed by atoms with Gasteiger partial charge in [-0.15, -0.1) is 0 Å². The van der Waals surface area contributed by atoms with Crippen molar-refractivity contribution in [3.8, 4) is 17.2 Å². The van der Waals surface area contributed by atoms with Gasteiger partial charge in [0.1, 0.15) is 10.1 Å². The number of nitrogens with one attached hydrogen (secondary N) is 1. The monoisotopic (exact) mass is 442 g/mol. The lowest BCUT2D eigenvalue weighted by atomic mass is 10.2. The van der Waals surface area contributed by atoms with Crippen molar-refractivity contribution in [3.63, 3.8) is 0 Å². The molecule has 30 heavy (non-hydrogen) atoms. The van der Waals surface area contributed by atoms with E-state index >= 15 is 0 Å². The van der Waals surface area contributed by atoms with Crippen LogP contribution in [0.2, 0.25) is 0 Å². The number of benzene rings is 2. The maximum absolute atomic E-state index is 12.7. The Hall–Kier alpha value is -3.04. The van der Waals surface area contributed by atoms with Crippen LogP contribution in [0, 0.1) is 0 Å². The molecule has 1 fully saturated rings. The number of rotatable bonds is 6. The zero-order chi connectivity index (χ0) is 21.1. The number of carbonyl (C=O) groups excluding carboxylic acids is 2.